The maximum atomic E-state index is 12.2. The minimum atomic E-state index is -1.10. The van der Waals surface area contributed by atoms with Crippen LogP contribution in [0.4, 0.5) is 0 Å². The van der Waals surface area contributed by atoms with E-state index in [9.17, 15) is 44.4 Å². The summed E-state index contributed by atoms with van der Waals surface area (Å²) >= 11 is 0. The van der Waals surface area contributed by atoms with E-state index in [1.807, 2.05) is 0 Å². The van der Waals surface area contributed by atoms with Gasteiger partial charge >= 0.3 is 23.9 Å². The smallest absolute Gasteiger partial charge is 0.320 e. The standard InChI is InChI=1S/C23H40N4O9/c1-16(2)19(28)5-4-18(23(35)36)27-11-9-25(15-21(31)32)7-6-24(14-20(29)30)8-10-26(12-13-27)17(3)22(33)34/h16-18H,4-15H2,1-3H3,(H,29,30)(H,31,32)(H,33,34)(H,35,36). The Hall–Kier alpha value is -2.61. The van der Waals surface area contributed by atoms with Crippen LogP contribution in [0.25, 0.3) is 0 Å². The predicted octanol–water partition coefficient (Wildman–Crippen LogP) is -0.691. The van der Waals surface area contributed by atoms with Crippen molar-refractivity contribution in [3.8, 4) is 0 Å². The zero-order valence-corrected chi connectivity index (χ0v) is 21.3. The largest absolute Gasteiger partial charge is 0.480 e. The summed E-state index contributed by atoms with van der Waals surface area (Å²) in [5.41, 5.74) is 0. The van der Waals surface area contributed by atoms with Crippen LogP contribution in [0, 0.1) is 5.92 Å². The summed E-state index contributed by atoms with van der Waals surface area (Å²) in [4.78, 5) is 65.3. The van der Waals surface area contributed by atoms with E-state index < -0.39 is 36.0 Å². The van der Waals surface area contributed by atoms with Gasteiger partial charge in [0.15, 0.2) is 0 Å². The van der Waals surface area contributed by atoms with Crippen molar-refractivity contribution < 1.29 is 44.4 Å². The van der Waals surface area contributed by atoms with Gasteiger partial charge in [-0.15, -0.1) is 0 Å². The second-order valence-corrected chi connectivity index (χ2v) is 9.44. The van der Waals surface area contributed by atoms with Crippen LogP contribution in [0.5, 0.6) is 0 Å². The molecule has 1 fully saturated rings. The number of carboxylic acid groups (broad SMARTS) is 4. The Morgan fingerprint density at radius 3 is 1.47 bits per heavy atom. The lowest BCUT2D eigenvalue weighted by atomic mass is 10.0. The van der Waals surface area contributed by atoms with Crippen molar-refractivity contribution in [1.29, 1.82) is 0 Å². The Labute approximate surface area is 211 Å². The zero-order valence-electron chi connectivity index (χ0n) is 21.3. The van der Waals surface area contributed by atoms with E-state index >= 15 is 0 Å². The molecule has 13 heteroatoms. The quantitative estimate of drug-likeness (QED) is 0.256. The van der Waals surface area contributed by atoms with Crippen molar-refractivity contribution in [1.82, 2.24) is 19.6 Å². The average molecular weight is 517 g/mol. The van der Waals surface area contributed by atoms with Crippen molar-refractivity contribution in [2.45, 2.75) is 45.7 Å². The molecule has 1 aliphatic rings. The summed E-state index contributed by atoms with van der Waals surface area (Å²) in [6.45, 7) is 6.21. The van der Waals surface area contributed by atoms with Crippen LogP contribution in [-0.4, -0.2) is 147 Å². The van der Waals surface area contributed by atoms with Crippen molar-refractivity contribution in [3.63, 3.8) is 0 Å². The van der Waals surface area contributed by atoms with Crippen molar-refractivity contribution in [2.24, 2.45) is 5.92 Å². The van der Waals surface area contributed by atoms with Gasteiger partial charge in [0.05, 0.1) is 13.1 Å². The third-order valence-corrected chi connectivity index (χ3v) is 6.47. The average Bonchev–Trinajstić information content (AvgIpc) is 2.76. The number of aliphatic carboxylic acids is 4. The first-order chi connectivity index (χ1) is 16.8. The van der Waals surface area contributed by atoms with E-state index in [4.69, 9.17) is 0 Å². The molecular weight excluding hydrogens is 476 g/mol. The highest BCUT2D eigenvalue weighted by atomic mass is 16.4. The van der Waals surface area contributed by atoms with Crippen LogP contribution in [-0.2, 0) is 24.0 Å². The van der Waals surface area contributed by atoms with Crippen molar-refractivity contribution >= 4 is 29.7 Å². The summed E-state index contributed by atoms with van der Waals surface area (Å²) in [6, 6.07) is -1.87. The molecule has 0 aliphatic carbocycles. The first-order valence-corrected chi connectivity index (χ1v) is 12.2. The maximum absolute atomic E-state index is 12.2. The first-order valence-electron chi connectivity index (χ1n) is 12.2. The Balaban J connectivity index is 3.20. The fraction of sp³-hybridized carbons (Fsp3) is 0.783. The Kier molecular flexibility index (Phi) is 13.5. The Morgan fingerprint density at radius 2 is 1.06 bits per heavy atom. The molecule has 0 aromatic rings. The number of hydrogen-bond acceptors (Lipinski definition) is 9. The second kappa shape index (κ2) is 15.5. The summed E-state index contributed by atoms with van der Waals surface area (Å²) in [6.07, 6.45) is 0.176. The zero-order chi connectivity index (χ0) is 27.4. The molecule has 2 unspecified atom stereocenters. The van der Waals surface area contributed by atoms with Crippen LogP contribution in [0.15, 0.2) is 0 Å². The molecule has 0 aromatic carbocycles. The lowest BCUT2D eigenvalue weighted by Gasteiger charge is -2.36. The van der Waals surface area contributed by atoms with Gasteiger partial charge in [0.25, 0.3) is 0 Å². The van der Waals surface area contributed by atoms with Gasteiger partial charge in [-0.3, -0.25) is 43.6 Å². The SMILES string of the molecule is CC(C)C(=O)CCC(C(=O)O)N1CCN(CC(=O)O)CCN(CC(=O)O)CCN(C(C)C(=O)O)CC1. The monoisotopic (exact) mass is 516 g/mol. The third-order valence-electron chi connectivity index (χ3n) is 6.47. The number of rotatable bonds is 12. The van der Waals surface area contributed by atoms with E-state index in [2.05, 4.69) is 0 Å². The molecule has 0 radical (unpaired) electrons. The lowest BCUT2D eigenvalue weighted by Crippen LogP contribution is -2.53. The van der Waals surface area contributed by atoms with Gasteiger partial charge in [0.2, 0.25) is 0 Å². The van der Waals surface area contributed by atoms with E-state index in [1.54, 1.807) is 33.4 Å². The first kappa shape index (κ1) is 31.4. The molecule has 0 bridgehead atoms. The van der Waals surface area contributed by atoms with Gasteiger partial charge in [0, 0.05) is 64.7 Å². The van der Waals surface area contributed by atoms with Crippen molar-refractivity contribution in [3.05, 3.63) is 0 Å². The number of carbonyl (C=O) groups excluding carboxylic acids is 1. The van der Waals surface area contributed by atoms with Gasteiger partial charge in [0.1, 0.15) is 17.9 Å². The highest BCUT2D eigenvalue weighted by molar-refractivity contribution is 5.81. The fourth-order valence-corrected chi connectivity index (χ4v) is 4.11. The van der Waals surface area contributed by atoms with Crippen molar-refractivity contribution in [2.75, 3.05) is 65.4 Å². The minimum Gasteiger partial charge on any atom is -0.480 e. The van der Waals surface area contributed by atoms with E-state index in [-0.39, 0.29) is 90.0 Å². The molecule has 1 aliphatic heterocycles. The fourth-order valence-electron chi connectivity index (χ4n) is 4.11. The maximum Gasteiger partial charge on any atom is 0.320 e. The van der Waals surface area contributed by atoms with Crippen LogP contribution >= 0.6 is 0 Å². The molecule has 1 saturated heterocycles. The highest BCUT2D eigenvalue weighted by Gasteiger charge is 2.30. The van der Waals surface area contributed by atoms with Gasteiger partial charge in [-0.25, -0.2) is 0 Å². The van der Waals surface area contributed by atoms with Crippen LogP contribution in [0.3, 0.4) is 0 Å². The molecule has 0 aromatic heterocycles. The summed E-state index contributed by atoms with van der Waals surface area (Å²) in [7, 11) is 0. The number of carbonyl (C=O) groups is 5. The number of ketones is 1. The van der Waals surface area contributed by atoms with Gasteiger partial charge in [-0.2, -0.15) is 0 Å². The molecule has 4 N–H and O–H groups in total. The Bertz CT molecular complexity index is 777. The summed E-state index contributed by atoms with van der Waals surface area (Å²) in [5.74, 6) is -4.54. The normalized spacial score (nSPS) is 19.7. The highest BCUT2D eigenvalue weighted by Crippen LogP contribution is 2.13. The third kappa shape index (κ3) is 11.4. The van der Waals surface area contributed by atoms with E-state index in [0.29, 0.717) is 0 Å². The number of Topliss-reactive ketones (excluding diaryl/α,β-unsaturated/α-hetero) is 1. The molecule has 2 atom stereocenters. The van der Waals surface area contributed by atoms with Crippen LogP contribution in [0.2, 0.25) is 0 Å². The second-order valence-electron chi connectivity index (χ2n) is 9.44. The van der Waals surface area contributed by atoms with Crippen LogP contribution in [0.1, 0.15) is 33.6 Å². The van der Waals surface area contributed by atoms with Crippen LogP contribution < -0.4 is 0 Å². The van der Waals surface area contributed by atoms with Gasteiger partial charge in [-0.05, 0) is 13.3 Å². The van der Waals surface area contributed by atoms with E-state index in [1.165, 1.54) is 6.92 Å². The number of nitrogens with zero attached hydrogens (tertiary/aromatic N) is 4. The van der Waals surface area contributed by atoms with E-state index in [0.717, 1.165) is 0 Å². The number of hydrogen-bond donors (Lipinski definition) is 4. The number of carboxylic acids is 4. The molecular formula is C23H40N4O9. The molecule has 36 heavy (non-hydrogen) atoms. The summed E-state index contributed by atoms with van der Waals surface area (Å²) < 4.78 is 0. The molecule has 1 rings (SSSR count). The summed E-state index contributed by atoms with van der Waals surface area (Å²) in [5, 5.41) is 38.1. The minimum absolute atomic E-state index is 0.0530. The molecule has 0 saturated carbocycles. The molecule has 0 spiro atoms. The molecule has 206 valence electrons. The lowest BCUT2D eigenvalue weighted by molar-refractivity contribution is -0.146. The van der Waals surface area contributed by atoms with Gasteiger partial charge in [-0.1, -0.05) is 13.8 Å². The molecule has 13 nitrogen and oxygen atoms in total. The topological polar surface area (TPSA) is 179 Å². The van der Waals surface area contributed by atoms with Gasteiger partial charge < -0.3 is 20.4 Å². The Morgan fingerprint density at radius 1 is 0.639 bits per heavy atom. The predicted molar refractivity (Wildman–Crippen MR) is 129 cm³/mol. The molecule has 1 heterocycles. The molecule has 0 amide bonds.